The van der Waals surface area contributed by atoms with E-state index in [1.54, 1.807) is 11.8 Å². The van der Waals surface area contributed by atoms with E-state index in [4.69, 9.17) is 0 Å². The first-order valence-electron chi connectivity index (χ1n) is 6.14. The number of hydrogen-bond acceptors (Lipinski definition) is 3. The topological polar surface area (TPSA) is 30.7 Å². The molecule has 3 rings (SSSR count). The molecule has 0 aliphatic heterocycles. The molecule has 18 heavy (non-hydrogen) atoms. The third-order valence-electron chi connectivity index (χ3n) is 2.89. The Hall–Kier alpha value is -1.55. The number of thioether (sulfide) groups is 1. The van der Waals surface area contributed by atoms with Gasteiger partial charge in [-0.1, -0.05) is 36.0 Å². The van der Waals surface area contributed by atoms with Crippen LogP contribution in [0.25, 0.3) is 5.69 Å². The second-order valence-electron chi connectivity index (χ2n) is 4.37. The summed E-state index contributed by atoms with van der Waals surface area (Å²) in [6, 6.07) is 10.2. The van der Waals surface area contributed by atoms with Crippen molar-refractivity contribution in [3.05, 3.63) is 48.8 Å². The van der Waals surface area contributed by atoms with Crippen LogP contribution in [0.1, 0.15) is 24.6 Å². The van der Waals surface area contributed by atoms with Crippen molar-refractivity contribution in [2.45, 2.75) is 23.9 Å². The van der Waals surface area contributed by atoms with E-state index < -0.39 is 0 Å². The first-order chi connectivity index (χ1) is 8.88. The molecule has 0 saturated heterocycles. The van der Waals surface area contributed by atoms with Gasteiger partial charge in [0.15, 0.2) is 0 Å². The molecule has 1 aromatic carbocycles. The fraction of sp³-hybridized carbons (Fsp3) is 0.286. The molecule has 1 fully saturated rings. The Balaban J connectivity index is 1.96. The van der Waals surface area contributed by atoms with Crippen LogP contribution >= 0.6 is 11.8 Å². The van der Waals surface area contributed by atoms with Gasteiger partial charge in [-0.3, -0.25) is 0 Å². The Kier molecular flexibility index (Phi) is 3.19. The van der Waals surface area contributed by atoms with Crippen LogP contribution in [0.4, 0.5) is 0 Å². The summed E-state index contributed by atoms with van der Waals surface area (Å²) >= 11 is 1.63. The van der Waals surface area contributed by atoms with E-state index in [0.29, 0.717) is 5.92 Å². The number of hydrogen-bond donors (Lipinski definition) is 0. The van der Waals surface area contributed by atoms with Gasteiger partial charge in [0.2, 0.25) is 5.16 Å². The van der Waals surface area contributed by atoms with Gasteiger partial charge in [-0.2, -0.15) is 0 Å². The summed E-state index contributed by atoms with van der Waals surface area (Å²) < 4.78 is 1.99. The largest absolute Gasteiger partial charge is 0.216 e. The molecule has 3 nitrogen and oxygen atoms in total. The lowest BCUT2D eigenvalue weighted by molar-refractivity contribution is 0.782. The molecule has 1 aliphatic rings. The van der Waals surface area contributed by atoms with Crippen molar-refractivity contribution in [2.24, 2.45) is 0 Å². The molecule has 92 valence electrons. The van der Waals surface area contributed by atoms with E-state index in [1.807, 2.05) is 29.0 Å². The van der Waals surface area contributed by atoms with Crippen molar-refractivity contribution in [2.75, 3.05) is 5.75 Å². The van der Waals surface area contributed by atoms with Crippen LogP contribution in [-0.2, 0) is 0 Å². The van der Waals surface area contributed by atoms with Crippen molar-refractivity contribution in [3.63, 3.8) is 0 Å². The highest BCUT2D eigenvalue weighted by molar-refractivity contribution is 7.99. The van der Waals surface area contributed by atoms with Gasteiger partial charge in [-0.05, 0) is 25.0 Å². The van der Waals surface area contributed by atoms with Gasteiger partial charge in [0.25, 0.3) is 0 Å². The number of para-hydroxylation sites is 1. The Bertz CT molecular complexity index is 543. The lowest BCUT2D eigenvalue weighted by Gasteiger charge is -2.03. The van der Waals surface area contributed by atoms with E-state index in [-0.39, 0.29) is 0 Å². The maximum Gasteiger partial charge on any atom is 0.209 e. The maximum absolute atomic E-state index is 4.65. The zero-order valence-electron chi connectivity index (χ0n) is 10.1. The number of rotatable bonds is 5. The van der Waals surface area contributed by atoms with Gasteiger partial charge in [-0.25, -0.2) is 9.67 Å². The lowest BCUT2D eigenvalue weighted by Crippen LogP contribution is -2.01. The summed E-state index contributed by atoms with van der Waals surface area (Å²) in [4.78, 5) is 4.65. The summed E-state index contributed by atoms with van der Waals surface area (Å²) in [6.07, 6.45) is 4.35. The Morgan fingerprint density at radius 1 is 1.33 bits per heavy atom. The highest BCUT2D eigenvalue weighted by Crippen LogP contribution is 2.40. The molecular formula is C14H15N3S. The van der Waals surface area contributed by atoms with Crippen LogP contribution < -0.4 is 0 Å². The molecule has 0 N–H and O–H groups in total. The van der Waals surface area contributed by atoms with Crippen molar-refractivity contribution >= 4 is 11.8 Å². The number of nitrogens with zero attached hydrogens (tertiary/aromatic N) is 3. The highest BCUT2D eigenvalue weighted by atomic mass is 32.2. The molecule has 0 amide bonds. The quantitative estimate of drug-likeness (QED) is 0.607. The number of aromatic nitrogens is 3. The smallest absolute Gasteiger partial charge is 0.209 e. The van der Waals surface area contributed by atoms with Gasteiger partial charge < -0.3 is 0 Å². The Morgan fingerprint density at radius 3 is 2.78 bits per heavy atom. The molecule has 1 saturated carbocycles. The van der Waals surface area contributed by atoms with Gasteiger partial charge in [0, 0.05) is 11.7 Å². The van der Waals surface area contributed by atoms with E-state index in [0.717, 1.165) is 22.4 Å². The SMILES string of the molecule is C=CCSc1nc(C2CC2)n(-c2ccccc2)n1. The van der Waals surface area contributed by atoms with Crippen LogP contribution in [0.2, 0.25) is 0 Å². The standard InChI is InChI=1S/C14H15N3S/c1-2-10-18-14-15-13(11-8-9-11)17(16-14)12-6-4-3-5-7-12/h2-7,11H,1,8-10H2. The molecule has 0 unspecified atom stereocenters. The maximum atomic E-state index is 4.65. The normalized spacial score (nSPS) is 14.7. The van der Waals surface area contributed by atoms with Crippen molar-refractivity contribution < 1.29 is 0 Å². The Labute approximate surface area is 111 Å². The van der Waals surface area contributed by atoms with Crippen molar-refractivity contribution in [3.8, 4) is 5.69 Å². The summed E-state index contributed by atoms with van der Waals surface area (Å²) in [6.45, 7) is 3.73. The van der Waals surface area contributed by atoms with Crippen LogP contribution in [0, 0.1) is 0 Å². The van der Waals surface area contributed by atoms with Gasteiger partial charge in [0.05, 0.1) is 5.69 Å². The fourth-order valence-electron chi connectivity index (χ4n) is 1.86. The second kappa shape index (κ2) is 4.98. The predicted octanol–water partition coefficient (Wildman–Crippen LogP) is 3.42. The molecule has 0 bridgehead atoms. The van der Waals surface area contributed by atoms with Crippen LogP contribution in [0.15, 0.2) is 48.1 Å². The van der Waals surface area contributed by atoms with E-state index in [1.165, 1.54) is 12.8 Å². The third-order valence-corrected chi connectivity index (χ3v) is 3.72. The number of benzene rings is 1. The minimum absolute atomic E-state index is 0.593. The van der Waals surface area contributed by atoms with E-state index in [2.05, 4.69) is 28.8 Å². The van der Waals surface area contributed by atoms with Crippen molar-refractivity contribution in [1.29, 1.82) is 0 Å². The van der Waals surface area contributed by atoms with Gasteiger partial charge in [-0.15, -0.1) is 11.7 Å². The summed E-state index contributed by atoms with van der Waals surface area (Å²) in [5.41, 5.74) is 1.09. The zero-order chi connectivity index (χ0) is 12.4. The predicted molar refractivity (Wildman–Crippen MR) is 74.3 cm³/mol. The van der Waals surface area contributed by atoms with Crippen LogP contribution in [0.3, 0.4) is 0 Å². The highest BCUT2D eigenvalue weighted by Gasteiger charge is 2.30. The minimum Gasteiger partial charge on any atom is -0.216 e. The monoisotopic (exact) mass is 257 g/mol. The Morgan fingerprint density at radius 2 is 2.11 bits per heavy atom. The van der Waals surface area contributed by atoms with Crippen LogP contribution in [-0.4, -0.2) is 20.5 Å². The molecule has 4 heteroatoms. The fourth-order valence-corrected chi connectivity index (χ4v) is 2.43. The lowest BCUT2D eigenvalue weighted by atomic mass is 10.3. The molecule has 1 aromatic heterocycles. The minimum atomic E-state index is 0.593. The zero-order valence-corrected chi connectivity index (χ0v) is 10.9. The first-order valence-corrected chi connectivity index (χ1v) is 7.13. The third kappa shape index (κ3) is 2.34. The molecule has 2 aromatic rings. The molecule has 0 radical (unpaired) electrons. The van der Waals surface area contributed by atoms with E-state index in [9.17, 15) is 0 Å². The molecule has 1 heterocycles. The second-order valence-corrected chi connectivity index (χ2v) is 5.36. The summed E-state index contributed by atoms with van der Waals surface area (Å²) in [7, 11) is 0. The van der Waals surface area contributed by atoms with Gasteiger partial charge in [0.1, 0.15) is 5.82 Å². The molecule has 0 atom stereocenters. The van der Waals surface area contributed by atoms with Gasteiger partial charge >= 0.3 is 0 Å². The summed E-state index contributed by atoms with van der Waals surface area (Å²) in [5, 5.41) is 5.45. The van der Waals surface area contributed by atoms with Crippen molar-refractivity contribution in [1.82, 2.24) is 14.8 Å². The molecule has 0 spiro atoms. The summed E-state index contributed by atoms with van der Waals surface area (Å²) in [5.74, 6) is 2.55. The first kappa shape index (κ1) is 11.5. The van der Waals surface area contributed by atoms with E-state index >= 15 is 0 Å². The molecule has 1 aliphatic carbocycles. The average molecular weight is 257 g/mol. The average Bonchev–Trinajstić information content (AvgIpc) is 3.18. The molecular weight excluding hydrogens is 242 g/mol. The van der Waals surface area contributed by atoms with Crippen LogP contribution in [0.5, 0.6) is 0 Å².